The van der Waals surface area contributed by atoms with Gasteiger partial charge in [0.25, 0.3) is 5.91 Å². The summed E-state index contributed by atoms with van der Waals surface area (Å²) >= 11 is 6.18. The number of nitrogens with zero attached hydrogens (tertiary/aromatic N) is 3. The van der Waals surface area contributed by atoms with Gasteiger partial charge in [-0.3, -0.25) is 4.79 Å². The third-order valence-electron chi connectivity index (χ3n) is 4.90. The number of carbonyl (C=O) groups excluding carboxylic acids is 1. The van der Waals surface area contributed by atoms with Gasteiger partial charge in [0, 0.05) is 16.3 Å². The molecule has 0 aliphatic rings. The Labute approximate surface area is 183 Å². The van der Waals surface area contributed by atoms with Crippen LogP contribution in [0.3, 0.4) is 0 Å². The summed E-state index contributed by atoms with van der Waals surface area (Å²) in [7, 11) is 0. The number of hydrogen-bond acceptors (Lipinski definition) is 3. The van der Waals surface area contributed by atoms with Crippen molar-refractivity contribution in [1.29, 1.82) is 0 Å². The number of aromatic nitrogens is 3. The molecule has 5 nitrogen and oxygen atoms in total. The van der Waals surface area contributed by atoms with E-state index in [9.17, 15) is 4.79 Å². The second-order valence-electron chi connectivity index (χ2n) is 7.03. The topological polar surface area (TPSA) is 59.8 Å². The molecule has 31 heavy (non-hydrogen) atoms. The van der Waals surface area contributed by atoms with Crippen LogP contribution < -0.4 is 5.32 Å². The van der Waals surface area contributed by atoms with E-state index in [1.54, 1.807) is 16.8 Å². The Morgan fingerprint density at radius 2 is 1.58 bits per heavy atom. The van der Waals surface area contributed by atoms with Gasteiger partial charge in [0.15, 0.2) is 5.82 Å². The van der Waals surface area contributed by atoms with Gasteiger partial charge in [0.1, 0.15) is 0 Å². The molecular weight excluding hydrogens is 408 g/mol. The highest BCUT2D eigenvalue weighted by Gasteiger charge is 2.19. The quantitative estimate of drug-likeness (QED) is 0.385. The molecule has 0 aliphatic heterocycles. The standard InChI is InChI=1S/C25H17ClN4O/c26-20-10-6-9-19(15-20)24-28-23(29-30(24)22-11-2-1-3-12-22)25(31)27-21-14-13-17-7-4-5-8-18(17)16-21/h1-16H,(H,27,31). The van der Waals surface area contributed by atoms with Gasteiger partial charge in [-0.2, -0.15) is 0 Å². The van der Waals surface area contributed by atoms with Gasteiger partial charge < -0.3 is 5.32 Å². The Balaban J connectivity index is 1.53. The average molecular weight is 425 g/mol. The smallest absolute Gasteiger partial charge is 0.295 e. The van der Waals surface area contributed by atoms with Gasteiger partial charge in [0.2, 0.25) is 5.82 Å². The third-order valence-corrected chi connectivity index (χ3v) is 5.14. The predicted octanol–water partition coefficient (Wildman–Crippen LogP) is 5.99. The number of benzene rings is 4. The monoisotopic (exact) mass is 424 g/mol. The number of amides is 1. The molecule has 0 bridgehead atoms. The zero-order chi connectivity index (χ0) is 21.2. The minimum atomic E-state index is -0.381. The lowest BCUT2D eigenvalue weighted by Gasteiger charge is -2.05. The zero-order valence-corrected chi connectivity index (χ0v) is 17.1. The lowest BCUT2D eigenvalue weighted by atomic mass is 10.1. The van der Waals surface area contributed by atoms with Gasteiger partial charge in [0.05, 0.1) is 5.69 Å². The van der Waals surface area contributed by atoms with E-state index >= 15 is 0 Å². The molecule has 1 aromatic heterocycles. The number of para-hydroxylation sites is 1. The molecule has 0 saturated heterocycles. The Morgan fingerprint density at radius 1 is 0.806 bits per heavy atom. The van der Waals surface area contributed by atoms with Crippen LogP contribution in [0.5, 0.6) is 0 Å². The first-order valence-electron chi connectivity index (χ1n) is 9.76. The number of anilines is 1. The molecule has 0 atom stereocenters. The van der Waals surface area contributed by atoms with Crippen LogP contribution in [-0.4, -0.2) is 20.7 Å². The number of rotatable bonds is 4. The van der Waals surface area contributed by atoms with E-state index in [0.29, 0.717) is 16.5 Å². The Kier molecular flexibility index (Phi) is 4.94. The van der Waals surface area contributed by atoms with Crippen molar-refractivity contribution in [3.63, 3.8) is 0 Å². The summed E-state index contributed by atoms with van der Waals surface area (Å²) in [6.45, 7) is 0. The van der Waals surface area contributed by atoms with Crippen molar-refractivity contribution >= 4 is 34.0 Å². The number of nitrogens with one attached hydrogen (secondary N) is 1. The highest BCUT2D eigenvalue weighted by atomic mass is 35.5. The maximum absolute atomic E-state index is 13.0. The molecule has 0 spiro atoms. The van der Waals surface area contributed by atoms with Crippen molar-refractivity contribution < 1.29 is 4.79 Å². The van der Waals surface area contributed by atoms with Crippen LogP contribution in [0.4, 0.5) is 5.69 Å². The molecule has 5 aromatic rings. The zero-order valence-electron chi connectivity index (χ0n) is 16.4. The Bertz CT molecular complexity index is 1400. The minimum Gasteiger partial charge on any atom is -0.319 e. The minimum absolute atomic E-state index is 0.0759. The first kappa shape index (κ1) is 19.0. The second kappa shape index (κ2) is 8.05. The summed E-state index contributed by atoms with van der Waals surface area (Å²) in [6, 6.07) is 30.6. The normalized spacial score (nSPS) is 10.9. The Hall–Kier alpha value is -3.96. The first-order valence-corrected chi connectivity index (χ1v) is 10.1. The highest BCUT2D eigenvalue weighted by Crippen LogP contribution is 2.25. The number of hydrogen-bond donors (Lipinski definition) is 1. The van der Waals surface area contributed by atoms with Crippen LogP contribution in [0.25, 0.3) is 27.8 Å². The van der Waals surface area contributed by atoms with Crippen LogP contribution >= 0.6 is 11.6 Å². The molecule has 1 N–H and O–H groups in total. The summed E-state index contributed by atoms with van der Waals surface area (Å²) in [5.74, 6) is 0.234. The summed E-state index contributed by atoms with van der Waals surface area (Å²) in [5, 5.41) is 10.1. The Morgan fingerprint density at radius 3 is 2.39 bits per heavy atom. The van der Waals surface area contributed by atoms with E-state index in [2.05, 4.69) is 15.4 Å². The van der Waals surface area contributed by atoms with Crippen LogP contribution in [0.1, 0.15) is 10.6 Å². The molecule has 0 radical (unpaired) electrons. The average Bonchev–Trinajstić information content (AvgIpc) is 3.25. The molecule has 1 heterocycles. The van der Waals surface area contributed by atoms with Crippen LogP contribution in [0.2, 0.25) is 5.02 Å². The van der Waals surface area contributed by atoms with Gasteiger partial charge in [-0.15, -0.1) is 5.10 Å². The van der Waals surface area contributed by atoms with Crippen molar-refractivity contribution in [2.75, 3.05) is 5.32 Å². The maximum Gasteiger partial charge on any atom is 0.295 e. The highest BCUT2D eigenvalue weighted by molar-refractivity contribution is 6.30. The summed E-state index contributed by atoms with van der Waals surface area (Å²) in [6.07, 6.45) is 0. The summed E-state index contributed by atoms with van der Waals surface area (Å²) in [4.78, 5) is 17.5. The number of carbonyl (C=O) groups is 1. The molecule has 0 unspecified atom stereocenters. The molecule has 5 rings (SSSR count). The first-order chi connectivity index (χ1) is 15.2. The van der Waals surface area contributed by atoms with E-state index in [0.717, 1.165) is 22.0 Å². The van der Waals surface area contributed by atoms with Gasteiger partial charge >= 0.3 is 0 Å². The lowest BCUT2D eigenvalue weighted by molar-refractivity contribution is 0.101. The molecule has 6 heteroatoms. The number of fused-ring (bicyclic) bond motifs is 1. The van der Waals surface area contributed by atoms with E-state index < -0.39 is 0 Å². The van der Waals surface area contributed by atoms with E-state index in [-0.39, 0.29) is 11.7 Å². The van der Waals surface area contributed by atoms with Crippen molar-refractivity contribution in [3.8, 4) is 17.1 Å². The second-order valence-corrected chi connectivity index (χ2v) is 7.47. The van der Waals surface area contributed by atoms with Crippen LogP contribution in [0.15, 0.2) is 97.1 Å². The van der Waals surface area contributed by atoms with Crippen molar-refractivity contribution in [2.45, 2.75) is 0 Å². The van der Waals surface area contributed by atoms with Crippen LogP contribution in [0, 0.1) is 0 Å². The maximum atomic E-state index is 13.0. The lowest BCUT2D eigenvalue weighted by Crippen LogP contribution is -2.14. The van der Waals surface area contributed by atoms with Gasteiger partial charge in [-0.05, 0) is 47.2 Å². The predicted molar refractivity (Wildman–Crippen MR) is 124 cm³/mol. The fourth-order valence-corrected chi connectivity index (χ4v) is 3.62. The molecule has 150 valence electrons. The number of halogens is 1. The largest absolute Gasteiger partial charge is 0.319 e. The molecule has 0 saturated carbocycles. The van der Waals surface area contributed by atoms with Gasteiger partial charge in [-0.25, -0.2) is 9.67 Å². The van der Waals surface area contributed by atoms with Crippen molar-refractivity contribution in [1.82, 2.24) is 14.8 Å². The SMILES string of the molecule is O=C(Nc1ccc2ccccc2c1)c1nc(-c2cccc(Cl)c2)n(-c2ccccc2)n1. The molecule has 4 aromatic carbocycles. The van der Waals surface area contributed by atoms with Crippen molar-refractivity contribution in [3.05, 3.63) is 108 Å². The molecule has 0 fully saturated rings. The summed E-state index contributed by atoms with van der Waals surface area (Å²) in [5.41, 5.74) is 2.26. The van der Waals surface area contributed by atoms with Crippen LogP contribution in [-0.2, 0) is 0 Å². The fourth-order valence-electron chi connectivity index (χ4n) is 3.43. The third kappa shape index (κ3) is 3.91. The van der Waals surface area contributed by atoms with Crippen molar-refractivity contribution in [2.24, 2.45) is 0 Å². The summed E-state index contributed by atoms with van der Waals surface area (Å²) < 4.78 is 1.65. The van der Waals surface area contributed by atoms with Gasteiger partial charge in [-0.1, -0.05) is 72.3 Å². The van der Waals surface area contributed by atoms with E-state index in [1.807, 2.05) is 84.9 Å². The molecule has 1 amide bonds. The van der Waals surface area contributed by atoms with E-state index in [1.165, 1.54) is 0 Å². The fraction of sp³-hybridized carbons (Fsp3) is 0. The molecular formula is C25H17ClN4O. The van der Waals surface area contributed by atoms with E-state index in [4.69, 9.17) is 11.6 Å². The molecule has 0 aliphatic carbocycles.